The van der Waals surface area contributed by atoms with E-state index in [1.165, 1.54) is 25.7 Å². The number of alkyl halides is 1. The van der Waals surface area contributed by atoms with Gasteiger partial charge >= 0.3 is 0 Å². The molecule has 0 aromatic rings. The van der Waals surface area contributed by atoms with E-state index < -0.39 is 0 Å². The fourth-order valence-corrected chi connectivity index (χ4v) is 1.28. The van der Waals surface area contributed by atoms with Crippen LogP contribution in [0.4, 0.5) is 0 Å². The molecule has 0 fully saturated rings. The SMILES string of the molecule is CC[C@H](C)CCC[C@H](C)Br. The summed E-state index contributed by atoms with van der Waals surface area (Å²) in [6.45, 7) is 6.82. The molecular weight excluding hydrogens is 188 g/mol. The number of rotatable bonds is 5. The average molecular weight is 207 g/mol. The van der Waals surface area contributed by atoms with Crippen molar-refractivity contribution in [3.63, 3.8) is 0 Å². The number of hydrogen-bond donors (Lipinski definition) is 0. The highest BCUT2D eigenvalue weighted by atomic mass is 79.9. The van der Waals surface area contributed by atoms with E-state index in [1.807, 2.05) is 0 Å². The predicted octanol–water partition coefficient (Wildman–Crippen LogP) is 3.99. The summed E-state index contributed by atoms with van der Waals surface area (Å²) < 4.78 is 0. The first kappa shape index (κ1) is 10.5. The number of halogens is 1. The Kier molecular flexibility index (Phi) is 6.50. The highest BCUT2D eigenvalue weighted by Crippen LogP contribution is 2.14. The van der Waals surface area contributed by atoms with Gasteiger partial charge in [0.2, 0.25) is 0 Å². The lowest BCUT2D eigenvalue weighted by Crippen LogP contribution is -1.95. The Balaban J connectivity index is 3.03. The van der Waals surface area contributed by atoms with Crippen LogP contribution in [0.2, 0.25) is 0 Å². The van der Waals surface area contributed by atoms with E-state index in [9.17, 15) is 0 Å². The van der Waals surface area contributed by atoms with E-state index in [-0.39, 0.29) is 0 Å². The van der Waals surface area contributed by atoms with Crippen LogP contribution in [0, 0.1) is 5.92 Å². The molecule has 0 aromatic carbocycles. The summed E-state index contributed by atoms with van der Waals surface area (Å²) in [4.78, 5) is 0.705. The van der Waals surface area contributed by atoms with Crippen molar-refractivity contribution in [2.45, 2.75) is 51.3 Å². The molecule has 0 aliphatic carbocycles. The van der Waals surface area contributed by atoms with E-state index in [2.05, 4.69) is 36.7 Å². The predicted molar refractivity (Wildman–Crippen MR) is 51.7 cm³/mol. The molecule has 0 aliphatic heterocycles. The lowest BCUT2D eigenvalue weighted by Gasteiger charge is -2.07. The summed E-state index contributed by atoms with van der Waals surface area (Å²) in [6, 6.07) is 0. The Labute approximate surface area is 73.5 Å². The maximum absolute atomic E-state index is 3.55. The molecule has 0 radical (unpaired) electrons. The molecule has 0 rings (SSSR count). The zero-order valence-electron chi connectivity index (χ0n) is 7.36. The summed E-state index contributed by atoms with van der Waals surface area (Å²) in [7, 11) is 0. The minimum absolute atomic E-state index is 0.705. The quantitative estimate of drug-likeness (QED) is 0.598. The van der Waals surface area contributed by atoms with Crippen LogP contribution in [-0.4, -0.2) is 4.83 Å². The van der Waals surface area contributed by atoms with Crippen molar-refractivity contribution in [3.05, 3.63) is 0 Å². The van der Waals surface area contributed by atoms with Gasteiger partial charge in [0.1, 0.15) is 0 Å². The zero-order valence-corrected chi connectivity index (χ0v) is 8.95. The summed E-state index contributed by atoms with van der Waals surface area (Å²) >= 11 is 3.55. The third-order valence-corrected chi connectivity index (χ3v) is 2.45. The van der Waals surface area contributed by atoms with Gasteiger partial charge in [-0.25, -0.2) is 0 Å². The lowest BCUT2D eigenvalue weighted by molar-refractivity contribution is 0.485. The molecule has 0 bridgehead atoms. The summed E-state index contributed by atoms with van der Waals surface area (Å²) in [6.07, 6.45) is 5.43. The van der Waals surface area contributed by atoms with E-state index in [0.717, 1.165) is 5.92 Å². The second-order valence-corrected chi connectivity index (χ2v) is 4.79. The van der Waals surface area contributed by atoms with Gasteiger partial charge in [0.15, 0.2) is 0 Å². The molecule has 0 spiro atoms. The maximum atomic E-state index is 3.55. The first-order valence-electron chi connectivity index (χ1n) is 4.30. The Bertz CT molecular complexity index is 69.1. The molecule has 0 amide bonds. The summed E-state index contributed by atoms with van der Waals surface area (Å²) in [5.74, 6) is 0.922. The van der Waals surface area contributed by atoms with E-state index in [0.29, 0.717) is 4.83 Å². The van der Waals surface area contributed by atoms with Crippen LogP contribution in [0.1, 0.15) is 46.5 Å². The second-order valence-electron chi connectivity index (χ2n) is 3.23. The molecule has 0 heterocycles. The summed E-state index contributed by atoms with van der Waals surface area (Å²) in [5, 5.41) is 0. The van der Waals surface area contributed by atoms with Crippen LogP contribution in [0.25, 0.3) is 0 Å². The average Bonchev–Trinajstić information content (AvgIpc) is 1.87. The monoisotopic (exact) mass is 206 g/mol. The normalized spacial score (nSPS) is 16.8. The molecule has 0 nitrogen and oxygen atoms in total. The van der Waals surface area contributed by atoms with Crippen LogP contribution in [0.15, 0.2) is 0 Å². The highest BCUT2D eigenvalue weighted by molar-refractivity contribution is 9.09. The summed E-state index contributed by atoms with van der Waals surface area (Å²) in [5.41, 5.74) is 0. The smallest absolute Gasteiger partial charge is 0.0117 e. The largest absolute Gasteiger partial charge is 0.0894 e. The molecule has 0 aromatic heterocycles. The van der Waals surface area contributed by atoms with Crippen LogP contribution in [-0.2, 0) is 0 Å². The van der Waals surface area contributed by atoms with Gasteiger partial charge in [0.05, 0.1) is 0 Å². The molecule has 62 valence electrons. The molecule has 2 atom stereocenters. The van der Waals surface area contributed by atoms with Crippen LogP contribution in [0.5, 0.6) is 0 Å². The van der Waals surface area contributed by atoms with Crippen molar-refractivity contribution in [1.82, 2.24) is 0 Å². The van der Waals surface area contributed by atoms with Gasteiger partial charge in [-0.15, -0.1) is 0 Å². The molecule has 0 saturated carbocycles. The maximum Gasteiger partial charge on any atom is 0.0117 e. The lowest BCUT2D eigenvalue weighted by atomic mass is 10.0. The van der Waals surface area contributed by atoms with Crippen LogP contribution >= 0.6 is 15.9 Å². The molecule has 1 heteroatoms. The van der Waals surface area contributed by atoms with Crippen molar-refractivity contribution >= 4 is 15.9 Å². The van der Waals surface area contributed by atoms with E-state index >= 15 is 0 Å². The van der Waals surface area contributed by atoms with Gasteiger partial charge in [-0.1, -0.05) is 56.0 Å². The molecular formula is C9H19Br. The fraction of sp³-hybridized carbons (Fsp3) is 1.00. The van der Waals surface area contributed by atoms with Crippen molar-refractivity contribution in [2.24, 2.45) is 5.92 Å². The first-order valence-corrected chi connectivity index (χ1v) is 5.22. The Morgan fingerprint density at radius 3 is 2.20 bits per heavy atom. The Morgan fingerprint density at radius 2 is 1.80 bits per heavy atom. The second kappa shape index (κ2) is 6.21. The fourth-order valence-electron chi connectivity index (χ4n) is 0.952. The topological polar surface area (TPSA) is 0 Å². The molecule has 0 aliphatic rings. The van der Waals surface area contributed by atoms with Crippen LogP contribution in [0.3, 0.4) is 0 Å². The van der Waals surface area contributed by atoms with Gasteiger partial charge in [-0.2, -0.15) is 0 Å². The van der Waals surface area contributed by atoms with Gasteiger partial charge < -0.3 is 0 Å². The third-order valence-electron chi connectivity index (χ3n) is 2.00. The van der Waals surface area contributed by atoms with Crippen molar-refractivity contribution in [2.75, 3.05) is 0 Å². The molecule has 0 saturated heterocycles. The Morgan fingerprint density at radius 1 is 1.20 bits per heavy atom. The van der Waals surface area contributed by atoms with E-state index in [4.69, 9.17) is 0 Å². The van der Waals surface area contributed by atoms with Crippen molar-refractivity contribution < 1.29 is 0 Å². The molecule has 0 unspecified atom stereocenters. The van der Waals surface area contributed by atoms with Crippen molar-refractivity contribution in [1.29, 1.82) is 0 Å². The Hall–Kier alpha value is 0.480. The first-order chi connectivity index (χ1) is 4.66. The minimum atomic E-state index is 0.705. The van der Waals surface area contributed by atoms with Crippen molar-refractivity contribution in [3.8, 4) is 0 Å². The molecule has 10 heavy (non-hydrogen) atoms. The van der Waals surface area contributed by atoms with Gasteiger partial charge in [-0.05, 0) is 12.3 Å². The van der Waals surface area contributed by atoms with Crippen LogP contribution < -0.4 is 0 Å². The number of hydrogen-bond acceptors (Lipinski definition) is 0. The van der Waals surface area contributed by atoms with E-state index in [1.54, 1.807) is 0 Å². The van der Waals surface area contributed by atoms with Gasteiger partial charge in [-0.3, -0.25) is 0 Å². The highest BCUT2D eigenvalue weighted by Gasteiger charge is 1.99. The van der Waals surface area contributed by atoms with Gasteiger partial charge in [0.25, 0.3) is 0 Å². The van der Waals surface area contributed by atoms with Gasteiger partial charge in [0, 0.05) is 4.83 Å². The standard InChI is InChI=1S/C9H19Br/c1-4-8(2)6-5-7-9(3)10/h8-9H,4-7H2,1-3H3/t8-,9-/m0/s1. The molecule has 0 N–H and O–H groups in total. The zero-order chi connectivity index (χ0) is 7.98. The third kappa shape index (κ3) is 6.60. The minimum Gasteiger partial charge on any atom is -0.0894 e.